The van der Waals surface area contributed by atoms with Gasteiger partial charge >= 0.3 is 0 Å². The van der Waals surface area contributed by atoms with Gasteiger partial charge in [-0.1, -0.05) is 13.8 Å². The molecule has 1 unspecified atom stereocenters. The van der Waals surface area contributed by atoms with E-state index in [0.717, 1.165) is 0 Å². The van der Waals surface area contributed by atoms with Gasteiger partial charge in [-0.3, -0.25) is 9.79 Å². The fraction of sp³-hybridized carbons (Fsp3) is 0.556. The zero-order valence-electron chi connectivity index (χ0n) is 8.84. The van der Waals surface area contributed by atoms with Crippen molar-refractivity contribution in [2.75, 3.05) is 4.90 Å². The predicted molar refractivity (Wildman–Crippen MR) is 53.6 cm³/mol. The molecule has 6 heteroatoms. The van der Waals surface area contributed by atoms with Gasteiger partial charge in [0.2, 0.25) is 5.89 Å². The van der Waals surface area contributed by atoms with E-state index in [-0.39, 0.29) is 23.8 Å². The molecule has 0 radical (unpaired) electrons. The first-order chi connectivity index (χ1) is 7.09. The molecule has 0 bridgehead atoms. The average molecular weight is 208 g/mol. The third kappa shape index (κ3) is 1.62. The van der Waals surface area contributed by atoms with Gasteiger partial charge < -0.3 is 4.52 Å². The highest BCUT2D eigenvalue weighted by Crippen LogP contribution is 2.18. The molecule has 1 aliphatic heterocycles. The second-order valence-electron chi connectivity index (χ2n) is 3.78. The van der Waals surface area contributed by atoms with E-state index in [1.54, 1.807) is 6.92 Å². The van der Waals surface area contributed by atoms with Gasteiger partial charge in [0.15, 0.2) is 0 Å². The maximum Gasteiger partial charge on any atom is 0.278 e. The van der Waals surface area contributed by atoms with Crippen molar-refractivity contribution in [2.24, 2.45) is 10.9 Å². The van der Waals surface area contributed by atoms with Crippen LogP contribution in [0.15, 0.2) is 9.52 Å². The quantitative estimate of drug-likeness (QED) is 0.719. The van der Waals surface area contributed by atoms with Crippen LogP contribution in [0.5, 0.6) is 0 Å². The maximum atomic E-state index is 11.8. The van der Waals surface area contributed by atoms with Crippen LogP contribution in [-0.2, 0) is 4.79 Å². The van der Waals surface area contributed by atoms with E-state index < -0.39 is 0 Å². The van der Waals surface area contributed by atoms with Gasteiger partial charge in [0.05, 0.1) is 0 Å². The summed E-state index contributed by atoms with van der Waals surface area (Å²) < 4.78 is 4.80. The van der Waals surface area contributed by atoms with Crippen molar-refractivity contribution >= 4 is 18.2 Å². The lowest BCUT2D eigenvalue weighted by Gasteiger charge is -2.12. The molecule has 0 fully saturated rings. The van der Waals surface area contributed by atoms with Crippen molar-refractivity contribution in [1.29, 1.82) is 0 Å². The molecule has 2 heterocycles. The molecule has 80 valence electrons. The number of anilines is 1. The summed E-state index contributed by atoms with van der Waals surface area (Å²) in [6, 6.07) is -0.330. The van der Waals surface area contributed by atoms with E-state index in [4.69, 9.17) is 4.52 Å². The molecule has 1 aromatic heterocycles. The van der Waals surface area contributed by atoms with Crippen LogP contribution in [0.25, 0.3) is 0 Å². The molecule has 1 amide bonds. The van der Waals surface area contributed by atoms with Crippen LogP contribution in [0, 0.1) is 12.8 Å². The van der Waals surface area contributed by atoms with Crippen molar-refractivity contribution in [3.05, 3.63) is 5.89 Å². The summed E-state index contributed by atoms with van der Waals surface area (Å²) in [7, 11) is 0. The molecule has 0 saturated carbocycles. The fourth-order valence-corrected chi connectivity index (χ4v) is 1.40. The first-order valence-electron chi connectivity index (χ1n) is 4.76. The molecule has 0 spiro atoms. The number of aliphatic imine (C=N–C) groups is 1. The number of rotatable bonds is 2. The summed E-state index contributed by atoms with van der Waals surface area (Å²) in [6.45, 7) is 5.57. The van der Waals surface area contributed by atoms with Crippen molar-refractivity contribution in [3.63, 3.8) is 0 Å². The molecule has 2 rings (SSSR count). The summed E-state index contributed by atoms with van der Waals surface area (Å²) in [6.07, 6.45) is 1.46. The largest absolute Gasteiger partial charge is 0.338 e. The Morgan fingerprint density at radius 3 is 2.73 bits per heavy atom. The molecule has 0 aromatic carbocycles. The monoisotopic (exact) mass is 208 g/mol. The highest BCUT2D eigenvalue weighted by atomic mass is 16.5. The Balaban J connectivity index is 2.21. The van der Waals surface area contributed by atoms with Gasteiger partial charge in [-0.15, -0.1) is 0 Å². The Morgan fingerprint density at radius 1 is 1.53 bits per heavy atom. The van der Waals surface area contributed by atoms with E-state index >= 15 is 0 Å². The number of aryl methyl sites for hydroxylation is 1. The normalized spacial score (nSPS) is 20.7. The second-order valence-corrected chi connectivity index (χ2v) is 3.78. The lowest BCUT2D eigenvalue weighted by Crippen LogP contribution is -2.33. The summed E-state index contributed by atoms with van der Waals surface area (Å²) in [5.74, 6) is 0.751. The van der Waals surface area contributed by atoms with E-state index in [1.807, 2.05) is 13.8 Å². The summed E-state index contributed by atoms with van der Waals surface area (Å²) >= 11 is 0. The molecule has 0 aliphatic carbocycles. The van der Waals surface area contributed by atoms with Crippen molar-refractivity contribution < 1.29 is 9.32 Å². The Hall–Kier alpha value is -1.72. The van der Waals surface area contributed by atoms with Crippen LogP contribution in [0.2, 0.25) is 0 Å². The molecule has 0 saturated heterocycles. The van der Waals surface area contributed by atoms with Crippen LogP contribution < -0.4 is 4.90 Å². The Bertz CT molecular complexity index is 410. The minimum atomic E-state index is -0.330. The molecular weight excluding hydrogens is 196 g/mol. The summed E-state index contributed by atoms with van der Waals surface area (Å²) in [4.78, 5) is 21.2. The van der Waals surface area contributed by atoms with Crippen LogP contribution in [0.4, 0.5) is 5.95 Å². The smallest absolute Gasteiger partial charge is 0.278 e. The van der Waals surface area contributed by atoms with Crippen molar-refractivity contribution in [2.45, 2.75) is 26.8 Å². The van der Waals surface area contributed by atoms with Crippen LogP contribution >= 0.6 is 0 Å². The van der Waals surface area contributed by atoms with Gasteiger partial charge in [-0.2, -0.15) is 4.98 Å². The molecule has 1 atom stereocenters. The van der Waals surface area contributed by atoms with E-state index in [2.05, 4.69) is 15.1 Å². The Morgan fingerprint density at radius 2 is 2.27 bits per heavy atom. The maximum absolute atomic E-state index is 11.8. The standard InChI is InChI=1S/C9H12N4O2/c1-5(2)7-8(14)13(4-10-7)9-11-6(3)15-12-9/h4-5,7H,1-3H3. The predicted octanol–water partition coefficient (Wildman–Crippen LogP) is 0.778. The van der Waals surface area contributed by atoms with Gasteiger partial charge in [0, 0.05) is 6.92 Å². The summed E-state index contributed by atoms with van der Waals surface area (Å²) in [5.41, 5.74) is 0. The van der Waals surface area contributed by atoms with Crippen LogP contribution in [0.1, 0.15) is 19.7 Å². The lowest BCUT2D eigenvalue weighted by molar-refractivity contribution is -0.119. The number of nitrogens with zero attached hydrogens (tertiary/aromatic N) is 4. The Labute approximate surface area is 87.0 Å². The first-order valence-corrected chi connectivity index (χ1v) is 4.76. The highest BCUT2D eigenvalue weighted by molar-refractivity contribution is 6.13. The van der Waals surface area contributed by atoms with Crippen molar-refractivity contribution in [3.8, 4) is 0 Å². The minimum absolute atomic E-state index is 0.106. The second kappa shape index (κ2) is 3.45. The molecule has 15 heavy (non-hydrogen) atoms. The van der Waals surface area contributed by atoms with Crippen molar-refractivity contribution in [1.82, 2.24) is 10.1 Å². The molecule has 0 N–H and O–H groups in total. The number of carbonyl (C=O) groups excluding carboxylic acids is 1. The molecular formula is C9H12N4O2. The van der Waals surface area contributed by atoms with E-state index in [0.29, 0.717) is 5.89 Å². The lowest BCUT2D eigenvalue weighted by atomic mass is 10.1. The first kappa shape index (κ1) is 9.82. The average Bonchev–Trinajstić information content (AvgIpc) is 2.71. The van der Waals surface area contributed by atoms with Crippen LogP contribution in [0.3, 0.4) is 0 Å². The van der Waals surface area contributed by atoms with Gasteiger partial charge in [-0.05, 0) is 11.1 Å². The fourth-order valence-electron chi connectivity index (χ4n) is 1.40. The third-order valence-electron chi connectivity index (χ3n) is 2.20. The zero-order valence-corrected chi connectivity index (χ0v) is 8.84. The molecule has 6 nitrogen and oxygen atoms in total. The van der Waals surface area contributed by atoms with Gasteiger partial charge in [-0.25, -0.2) is 4.90 Å². The number of amides is 1. The van der Waals surface area contributed by atoms with E-state index in [9.17, 15) is 4.79 Å². The molecule has 1 aliphatic rings. The SMILES string of the molecule is Cc1nc(N2C=NC(C(C)C)C2=O)no1. The third-order valence-corrected chi connectivity index (χ3v) is 2.20. The summed E-state index contributed by atoms with van der Waals surface area (Å²) in [5, 5.41) is 3.67. The van der Waals surface area contributed by atoms with Crippen LogP contribution in [-0.4, -0.2) is 28.4 Å². The number of aromatic nitrogens is 2. The Kier molecular flexibility index (Phi) is 2.26. The van der Waals surface area contributed by atoms with Gasteiger partial charge in [0.25, 0.3) is 11.9 Å². The minimum Gasteiger partial charge on any atom is -0.338 e. The molecule has 1 aromatic rings. The topological polar surface area (TPSA) is 71.6 Å². The van der Waals surface area contributed by atoms with Gasteiger partial charge in [0.1, 0.15) is 12.4 Å². The van der Waals surface area contributed by atoms with E-state index in [1.165, 1.54) is 11.2 Å². The highest BCUT2D eigenvalue weighted by Gasteiger charge is 2.33. The number of hydrogen-bond donors (Lipinski definition) is 0. The number of hydrogen-bond acceptors (Lipinski definition) is 5. The zero-order chi connectivity index (χ0) is 11.0. The number of carbonyl (C=O) groups is 1.